The maximum Gasteiger partial charge on any atom is 0.421 e. The molecule has 2 unspecified atom stereocenters. The number of alkyl halides is 3. The Morgan fingerprint density at radius 3 is 2.13 bits per heavy atom. The third kappa shape index (κ3) is 12.0. The topological polar surface area (TPSA) is 101 Å². The van der Waals surface area contributed by atoms with Crippen molar-refractivity contribution in [1.82, 2.24) is 20.4 Å². The molecule has 12 heteroatoms. The van der Waals surface area contributed by atoms with Gasteiger partial charge in [-0.05, 0) is 70.5 Å². The highest BCUT2D eigenvalue weighted by atomic mass is 19.4. The Labute approximate surface area is 279 Å². The van der Waals surface area contributed by atoms with Crippen molar-refractivity contribution in [2.24, 2.45) is 15.9 Å². The number of amidine groups is 1. The van der Waals surface area contributed by atoms with Crippen LogP contribution in [0.3, 0.4) is 0 Å². The van der Waals surface area contributed by atoms with Gasteiger partial charge in [-0.3, -0.25) is 19.5 Å². The molecule has 1 aliphatic heterocycles. The van der Waals surface area contributed by atoms with Gasteiger partial charge in [0.25, 0.3) is 5.91 Å². The Hall–Kier alpha value is -3.41. The van der Waals surface area contributed by atoms with Crippen LogP contribution in [0, 0.1) is 5.92 Å². The summed E-state index contributed by atoms with van der Waals surface area (Å²) in [6.07, 6.45) is 2.82. The molecule has 1 saturated heterocycles. The number of hydrogen-bond donors (Lipinski definition) is 3. The maximum atomic E-state index is 14.0. The molecule has 0 aromatic heterocycles. The second-order valence-electron chi connectivity index (χ2n) is 11.9. The van der Waals surface area contributed by atoms with Crippen LogP contribution in [-0.4, -0.2) is 91.3 Å². The van der Waals surface area contributed by atoms with Crippen molar-refractivity contribution in [1.29, 1.82) is 0 Å². The van der Waals surface area contributed by atoms with E-state index in [9.17, 15) is 22.8 Å². The molecule has 1 heterocycles. The van der Waals surface area contributed by atoms with Crippen LogP contribution in [0.15, 0.2) is 46.0 Å². The third-order valence-corrected chi connectivity index (χ3v) is 8.48. The van der Waals surface area contributed by atoms with E-state index in [0.29, 0.717) is 55.8 Å². The lowest BCUT2D eigenvalue weighted by Gasteiger charge is -2.38. The predicted molar refractivity (Wildman–Crippen MR) is 186 cm³/mol. The van der Waals surface area contributed by atoms with Crippen molar-refractivity contribution in [3.63, 3.8) is 0 Å². The number of carbonyl (C=O) groups excluding carboxylic acids is 2. The Kier molecular flexibility index (Phi) is 17.0. The number of rotatable bonds is 10. The van der Waals surface area contributed by atoms with Crippen LogP contribution in [-0.2, 0) is 4.79 Å². The number of nitrogens with one attached hydrogen (secondary N) is 3. The van der Waals surface area contributed by atoms with E-state index in [0.717, 1.165) is 13.1 Å². The van der Waals surface area contributed by atoms with E-state index >= 15 is 0 Å². The summed E-state index contributed by atoms with van der Waals surface area (Å²) in [7, 11) is 0. The number of amides is 2. The van der Waals surface area contributed by atoms with E-state index in [1.807, 2.05) is 46.4 Å². The molecule has 0 bridgehead atoms. The standard InChI is InChI=1S/C31H44F3N7O2.2C2H6/c1-21(2)38-29(42)25-9-6-10-27(25)39-28(26(19-35-3)31(32,33)34)37-20-36-23-13-11-22(12-14-23)30(43)41-17-15-40(16-18-41)24-7-4-5-8-24;2*1-2/h11-14,19,21,24-25,27,36H,3-10,15-18,20H2,1-2H3,(H,37,39)(H,38,42);2*1-2H3/b26-19+;;. The minimum Gasteiger partial charge on any atom is -0.366 e. The highest BCUT2D eigenvalue weighted by Crippen LogP contribution is 2.30. The zero-order valence-electron chi connectivity index (χ0n) is 29.1. The second kappa shape index (κ2) is 20.1. The largest absolute Gasteiger partial charge is 0.421 e. The van der Waals surface area contributed by atoms with Gasteiger partial charge in [0, 0.05) is 61.8 Å². The number of benzene rings is 1. The highest BCUT2D eigenvalue weighted by molar-refractivity contribution is 6.00. The van der Waals surface area contributed by atoms with Crippen molar-refractivity contribution in [2.75, 3.05) is 38.2 Å². The molecule has 47 heavy (non-hydrogen) atoms. The SMILES string of the molecule is C=N/C=C(\C(=N/CNc1ccc(C(=O)N2CCN(C3CCCC3)CC2)cc1)NC1CCCC1C(=O)NC(C)C)C(F)(F)F.CC.CC. The van der Waals surface area contributed by atoms with Gasteiger partial charge < -0.3 is 20.9 Å². The number of halogens is 3. The van der Waals surface area contributed by atoms with Gasteiger partial charge >= 0.3 is 6.18 Å². The summed E-state index contributed by atoms with van der Waals surface area (Å²) < 4.78 is 41.9. The quantitative estimate of drug-likeness (QED) is 0.193. The van der Waals surface area contributed by atoms with Gasteiger partial charge in [0.2, 0.25) is 5.91 Å². The summed E-state index contributed by atoms with van der Waals surface area (Å²) in [6, 6.07) is 6.96. The molecule has 2 amide bonds. The van der Waals surface area contributed by atoms with Crippen molar-refractivity contribution in [3.8, 4) is 0 Å². The lowest BCUT2D eigenvalue weighted by molar-refractivity contribution is -0.125. The molecule has 3 fully saturated rings. The van der Waals surface area contributed by atoms with Crippen LogP contribution in [0.4, 0.5) is 18.9 Å². The normalized spacial score (nSPS) is 20.9. The zero-order chi connectivity index (χ0) is 35.0. The minimum atomic E-state index is -4.73. The highest BCUT2D eigenvalue weighted by Gasteiger charge is 2.40. The van der Waals surface area contributed by atoms with E-state index < -0.39 is 29.5 Å². The molecular weight excluding hydrogens is 607 g/mol. The molecule has 4 rings (SSSR count). The Bertz CT molecular complexity index is 1170. The third-order valence-electron chi connectivity index (χ3n) is 8.48. The fourth-order valence-electron chi connectivity index (χ4n) is 6.26. The van der Waals surface area contributed by atoms with Gasteiger partial charge in [0.05, 0.1) is 5.92 Å². The summed E-state index contributed by atoms with van der Waals surface area (Å²) >= 11 is 0. The van der Waals surface area contributed by atoms with Crippen LogP contribution in [0.2, 0.25) is 0 Å². The van der Waals surface area contributed by atoms with Crippen LogP contribution in [0.5, 0.6) is 0 Å². The lowest BCUT2D eigenvalue weighted by Crippen LogP contribution is -2.51. The summed E-state index contributed by atoms with van der Waals surface area (Å²) in [4.78, 5) is 37.7. The monoisotopic (exact) mass is 663 g/mol. The van der Waals surface area contributed by atoms with Crippen molar-refractivity contribution in [2.45, 2.75) is 111 Å². The zero-order valence-corrected chi connectivity index (χ0v) is 29.1. The Morgan fingerprint density at radius 1 is 0.957 bits per heavy atom. The van der Waals surface area contributed by atoms with Gasteiger partial charge in [0.15, 0.2) is 0 Å². The number of anilines is 1. The van der Waals surface area contributed by atoms with Crippen LogP contribution in [0.1, 0.15) is 96.8 Å². The van der Waals surface area contributed by atoms with Crippen molar-refractivity contribution in [3.05, 3.63) is 41.6 Å². The average Bonchev–Trinajstić information content (AvgIpc) is 3.78. The first-order chi connectivity index (χ1) is 22.6. The first-order valence-corrected chi connectivity index (χ1v) is 17.3. The molecule has 2 aliphatic carbocycles. The molecule has 0 spiro atoms. The van der Waals surface area contributed by atoms with Crippen molar-refractivity contribution >= 4 is 30.1 Å². The predicted octanol–water partition coefficient (Wildman–Crippen LogP) is 6.64. The van der Waals surface area contributed by atoms with E-state index in [1.54, 1.807) is 24.3 Å². The molecule has 1 aromatic rings. The number of hydrogen-bond acceptors (Lipinski definition) is 6. The molecule has 2 saturated carbocycles. The minimum absolute atomic E-state index is 0.0216. The van der Waals surface area contributed by atoms with Crippen LogP contribution >= 0.6 is 0 Å². The average molecular weight is 664 g/mol. The van der Waals surface area contributed by atoms with E-state index in [-0.39, 0.29) is 24.5 Å². The van der Waals surface area contributed by atoms with Gasteiger partial charge in [0.1, 0.15) is 18.1 Å². The van der Waals surface area contributed by atoms with Gasteiger partial charge in [-0.1, -0.05) is 47.0 Å². The number of aliphatic imine (C=N–C) groups is 2. The van der Waals surface area contributed by atoms with Crippen molar-refractivity contribution < 1.29 is 22.8 Å². The number of carbonyl (C=O) groups is 2. The summed E-state index contributed by atoms with van der Waals surface area (Å²) in [6.45, 7) is 17.9. The summed E-state index contributed by atoms with van der Waals surface area (Å²) in [5.74, 6) is -1.08. The van der Waals surface area contributed by atoms with E-state index in [1.165, 1.54) is 25.7 Å². The first-order valence-electron chi connectivity index (χ1n) is 17.3. The first kappa shape index (κ1) is 39.8. The lowest BCUT2D eigenvalue weighted by atomic mass is 10.0. The fraction of sp³-hybridized carbons (Fsp3) is 0.657. The summed E-state index contributed by atoms with van der Waals surface area (Å²) in [5.41, 5.74) is 0.116. The van der Waals surface area contributed by atoms with E-state index in [4.69, 9.17) is 0 Å². The molecule has 264 valence electrons. The van der Waals surface area contributed by atoms with Gasteiger partial charge in [-0.15, -0.1) is 0 Å². The van der Waals surface area contributed by atoms with Crippen LogP contribution in [0.25, 0.3) is 0 Å². The molecule has 0 radical (unpaired) electrons. The molecule has 2 atom stereocenters. The van der Waals surface area contributed by atoms with Crippen LogP contribution < -0.4 is 16.0 Å². The smallest absolute Gasteiger partial charge is 0.366 e. The molecule has 1 aromatic carbocycles. The molecule has 3 N–H and O–H groups in total. The Balaban J connectivity index is 0.00000185. The summed E-state index contributed by atoms with van der Waals surface area (Å²) in [5, 5.41) is 8.77. The second-order valence-corrected chi connectivity index (χ2v) is 11.9. The molecular formula is C35H56F3N7O2. The number of piperazine rings is 1. The fourth-order valence-corrected chi connectivity index (χ4v) is 6.26. The number of nitrogens with zero attached hydrogens (tertiary/aromatic N) is 4. The molecule has 9 nitrogen and oxygen atoms in total. The van der Waals surface area contributed by atoms with Gasteiger partial charge in [-0.2, -0.15) is 13.2 Å². The Morgan fingerprint density at radius 2 is 1.57 bits per heavy atom. The maximum absolute atomic E-state index is 14.0. The molecule has 3 aliphatic rings. The van der Waals surface area contributed by atoms with Gasteiger partial charge in [-0.25, -0.2) is 4.99 Å². The van der Waals surface area contributed by atoms with E-state index in [2.05, 4.69) is 37.6 Å².